The van der Waals surface area contributed by atoms with Crippen LogP contribution in [0.1, 0.15) is 55.4 Å². The SMILES string of the molecule is CC(C)(C1=N[C@@H](C(C)(C)C)CO1)C1=[NH+][C@@H](C(C)(C)C)CO1.O=S(=O)([O-])C(F)(F)F.O=S(=O)([O-])C(F)(F)F.[Cu+2].[F][Sb-]([F])([F])([F])([F])[F].[F][Sb-]([F])([F])([F])([F])[F]. The van der Waals surface area contributed by atoms with Gasteiger partial charge < -0.3 is 18.6 Å². The van der Waals surface area contributed by atoms with E-state index in [4.69, 9.17) is 40.4 Å². The topological polar surface area (TPSA) is 159 Å². The van der Waals surface area contributed by atoms with E-state index in [1.807, 2.05) is 0 Å². The summed E-state index contributed by atoms with van der Waals surface area (Å²) in [6, 6.07) is 0.541. The van der Waals surface area contributed by atoms with Gasteiger partial charge in [-0.1, -0.05) is 41.5 Å². The van der Waals surface area contributed by atoms with Gasteiger partial charge in [-0.25, -0.2) is 26.8 Å². The van der Waals surface area contributed by atoms with Crippen LogP contribution in [0.15, 0.2) is 4.99 Å². The Morgan fingerprint density at radius 3 is 1.06 bits per heavy atom. The Morgan fingerprint density at radius 2 is 0.885 bits per heavy atom. The zero-order chi connectivity index (χ0) is 42.9. The molecule has 0 amide bonds. The number of nitrogens with zero attached hydrogens (tertiary/aromatic N) is 1. The maximum absolute atomic E-state index is 11.2. The molecule has 0 saturated carbocycles. The van der Waals surface area contributed by atoms with Crippen LogP contribution >= 0.6 is 0 Å². The number of hydrogen-bond donors (Lipinski definition) is 1. The summed E-state index contributed by atoms with van der Waals surface area (Å²) in [6.07, 6.45) is 0. The molecule has 0 aromatic rings. The molecule has 2 aliphatic heterocycles. The number of halogens is 18. The van der Waals surface area contributed by atoms with Gasteiger partial charge in [0.1, 0.15) is 6.61 Å². The van der Waals surface area contributed by atoms with Crippen LogP contribution in [0.5, 0.6) is 0 Å². The first-order valence-electron chi connectivity index (χ1n) is 12.5. The van der Waals surface area contributed by atoms with Crippen LogP contribution < -0.4 is 4.99 Å². The Hall–Kier alpha value is -0.344. The summed E-state index contributed by atoms with van der Waals surface area (Å²) in [5.74, 6) is 1.68. The molecule has 1 radical (unpaired) electrons. The summed E-state index contributed by atoms with van der Waals surface area (Å²) in [4.78, 5) is 8.35. The molecule has 52 heavy (non-hydrogen) atoms. The van der Waals surface area contributed by atoms with Gasteiger partial charge in [-0.15, -0.1) is 0 Å². The van der Waals surface area contributed by atoms with Crippen molar-refractivity contribution in [1.82, 2.24) is 0 Å². The van der Waals surface area contributed by atoms with Crippen molar-refractivity contribution >= 4 is 71.0 Å². The van der Waals surface area contributed by atoms with Crippen LogP contribution in [0, 0.1) is 16.2 Å². The summed E-state index contributed by atoms with van der Waals surface area (Å²) in [5, 5.41) is 0. The van der Waals surface area contributed by atoms with Crippen LogP contribution in [0.4, 0.5) is 60.1 Å². The van der Waals surface area contributed by atoms with Gasteiger partial charge in [-0.05, 0) is 19.3 Å². The number of hydrogen-bond acceptors (Lipinski definition) is 9. The van der Waals surface area contributed by atoms with E-state index in [1.165, 1.54) is 0 Å². The molecule has 0 unspecified atom stereocenters. The molecule has 2 aliphatic rings. The minimum absolute atomic E-state index is 0. The van der Waals surface area contributed by atoms with E-state index >= 15 is 0 Å². The average Bonchev–Trinajstić information content (AvgIpc) is 3.37. The summed E-state index contributed by atoms with van der Waals surface area (Å²) in [7, 11) is -12.2. The normalized spacial score (nSPS) is 21.5. The standard InChI is InChI=1S/C17H30N2O2.2CHF3O3S.Cu.12FH.2Sb/c1-15(2,3)11-9-20-13(18-11)17(7,8)14-19-12(10-21-14)16(4,5)6;2*2-1(3,4)8(5,6)7;;;;;;;;;;;;;;;/h11-12H,9-10H2,1-8H3;2*(H,5,6,7);;12*1H;;/q;;;+2;;;;;;;;;;;;;2*+5/p-13/t11-,12-;;;;;;;;;;;;;;;;;/m1................./s1. The van der Waals surface area contributed by atoms with Crippen LogP contribution in [-0.4, -0.2) is 113 Å². The van der Waals surface area contributed by atoms with Crippen LogP contribution in [0.2, 0.25) is 0 Å². The summed E-state index contributed by atoms with van der Waals surface area (Å²) >= 11 is -22.5. The molecule has 0 aromatic carbocycles. The Morgan fingerprint density at radius 1 is 0.615 bits per heavy atom. The first-order chi connectivity index (χ1) is 20.8. The van der Waals surface area contributed by atoms with Crippen molar-refractivity contribution in [3.63, 3.8) is 0 Å². The predicted molar refractivity (Wildman–Crippen MR) is 142 cm³/mol. The molecule has 2 rings (SSSR count). The molecule has 0 aromatic heterocycles. The molecule has 1 N–H and O–H groups in total. The first-order valence-corrected chi connectivity index (χ1v) is 26.9. The quantitative estimate of drug-likeness (QED) is 0.149. The fourth-order valence-corrected chi connectivity index (χ4v) is 2.49. The third-order valence-corrected chi connectivity index (χ3v) is 6.20. The number of alkyl halides is 6. The maximum atomic E-state index is 10.7. The first kappa shape index (κ1) is 58.4. The van der Waals surface area contributed by atoms with Crippen LogP contribution in [0.25, 0.3) is 0 Å². The Bertz CT molecular complexity index is 1360. The fraction of sp³-hybridized carbons (Fsp3) is 0.895. The molecule has 0 saturated heterocycles. The molecule has 0 fully saturated rings. The van der Waals surface area contributed by atoms with Gasteiger partial charge in [0.2, 0.25) is 5.90 Å². The van der Waals surface area contributed by atoms with Crippen molar-refractivity contribution in [2.45, 2.75) is 78.5 Å². The van der Waals surface area contributed by atoms with E-state index in [0.29, 0.717) is 19.3 Å². The van der Waals surface area contributed by atoms with E-state index in [9.17, 15) is 60.1 Å². The third kappa shape index (κ3) is 33.0. The second-order valence-corrected chi connectivity index (χ2v) is 26.4. The van der Waals surface area contributed by atoms with Crippen LogP contribution in [-0.2, 0) is 46.8 Å². The second-order valence-electron chi connectivity index (χ2n) is 12.7. The molecule has 325 valence electrons. The Labute approximate surface area is 299 Å². The van der Waals surface area contributed by atoms with Crippen LogP contribution in [0.3, 0.4) is 0 Å². The van der Waals surface area contributed by atoms with Gasteiger partial charge in [0.05, 0.1) is 6.04 Å². The number of nitrogens with one attached hydrogen (secondary N) is 1. The molecule has 0 aliphatic carbocycles. The van der Waals surface area contributed by atoms with E-state index in [-0.39, 0.29) is 39.4 Å². The zero-order valence-electron chi connectivity index (χ0n) is 27.1. The molecular weight excluding hydrogens is 1100 g/mol. The Balaban J connectivity index is -0.000000311. The monoisotopic (exact) mass is 1130 g/mol. The molecule has 33 heteroatoms. The van der Waals surface area contributed by atoms with E-state index < -0.39 is 70.2 Å². The Kier molecular flexibility index (Phi) is 17.4. The molecule has 0 bridgehead atoms. The van der Waals surface area contributed by atoms with E-state index in [2.05, 4.69) is 60.4 Å². The molecular formula is C19H31CuF18N2O8S2Sb2-. The van der Waals surface area contributed by atoms with Gasteiger partial charge >= 0.3 is 107 Å². The van der Waals surface area contributed by atoms with E-state index in [1.54, 1.807) is 0 Å². The van der Waals surface area contributed by atoms with Gasteiger partial charge in [0.25, 0.3) is 0 Å². The zero-order valence-corrected chi connectivity index (χ0v) is 34.8. The number of rotatable bonds is 2. The van der Waals surface area contributed by atoms with Gasteiger partial charge in [-0.3, -0.25) is 0 Å². The predicted octanol–water partition coefficient (Wildman–Crippen LogP) is 6.16. The second kappa shape index (κ2) is 15.5. The minimum atomic E-state index is -11.2. The molecule has 2 heterocycles. The fourth-order valence-electron chi connectivity index (χ4n) is 2.49. The molecule has 2 atom stereocenters. The number of ether oxygens (including phenoxy) is 2. The van der Waals surface area contributed by atoms with E-state index in [0.717, 1.165) is 11.8 Å². The summed E-state index contributed by atoms with van der Waals surface area (Å²) in [6.45, 7) is 18.9. The van der Waals surface area contributed by atoms with Crippen molar-refractivity contribution in [3.8, 4) is 0 Å². The van der Waals surface area contributed by atoms with Crippen molar-refractivity contribution in [2.24, 2.45) is 21.2 Å². The number of aliphatic imine (C=N–C) groups is 1. The van der Waals surface area contributed by atoms with Crippen molar-refractivity contribution < 1.29 is 118 Å². The van der Waals surface area contributed by atoms with Gasteiger partial charge in [0.15, 0.2) is 38.3 Å². The summed E-state index contributed by atoms with van der Waals surface area (Å²) < 4.78 is 249. The van der Waals surface area contributed by atoms with Gasteiger partial charge in [-0.2, -0.15) is 26.3 Å². The van der Waals surface area contributed by atoms with Crippen molar-refractivity contribution in [2.75, 3.05) is 13.2 Å². The average molecular weight is 1130 g/mol. The summed E-state index contributed by atoms with van der Waals surface area (Å²) in [5.41, 5.74) is -11.3. The van der Waals surface area contributed by atoms with Crippen molar-refractivity contribution in [3.05, 3.63) is 0 Å². The third-order valence-electron chi connectivity index (χ3n) is 5.06. The van der Waals surface area contributed by atoms with Crippen molar-refractivity contribution in [1.29, 1.82) is 0 Å². The molecule has 0 spiro atoms. The molecule has 10 nitrogen and oxygen atoms in total. The van der Waals surface area contributed by atoms with Gasteiger partial charge in [0, 0.05) is 5.41 Å².